The van der Waals surface area contributed by atoms with E-state index >= 15 is 0 Å². The highest BCUT2D eigenvalue weighted by atomic mass is 16.6. The molecule has 1 N–H and O–H groups in total. The zero-order chi connectivity index (χ0) is 15.7. The molecule has 2 aliphatic rings. The molecular formula is C17H18O5. The van der Waals surface area contributed by atoms with Gasteiger partial charge in [0.2, 0.25) is 5.60 Å². The third kappa shape index (κ3) is 2.13. The Labute approximate surface area is 128 Å². The first kappa shape index (κ1) is 14.8. The molecule has 116 valence electrons. The van der Waals surface area contributed by atoms with E-state index in [1.807, 2.05) is 6.07 Å². The van der Waals surface area contributed by atoms with Crippen molar-refractivity contribution in [2.24, 2.45) is 0 Å². The quantitative estimate of drug-likeness (QED) is 0.865. The second-order valence-electron chi connectivity index (χ2n) is 5.47. The number of aliphatic hydroxyl groups is 1. The number of ketones is 1. The van der Waals surface area contributed by atoms with Crippen molar-refractivity contribution in [3.63, 3.8) is 0 Å². The van der Waals surface area contributed by atoms with E-state index in [-0.39, 0.29) is 18.0 Å². The highest BCUT2D eigenvalue weighted by Gasteiger charge is 2.59. The number of carbonyl (C=O) groups is 2. The maximum atomic E-state index is 12.4. The Balaban J connectivity index is 2.09. The summed E-state index contributed by atoms with van der Waals surface area (Å²) in [5.74, 6) is -0.653. The van der Waals surface area contributed by atoms with Crippen LogP contribution in [0, 0.1) is 0 Å². The second-order valence-corrected chi connectivity index (χ2v) is 5.47. The van der Waals surface area contributed by atoms with Crippen molar-refractivity contribution in [3.8, 4) is 0 Å². The van der Waals surface area contributed by atoms with Gasteiger partial charge in [0.25, 0.3) is 0 Å². The van der Waals surface area contributed by atoms with Gasteiger partial charge >= 0.3 is 5.97 Å². The molecule has 3 rings (SSSR count). The predicted molar refractivity (Wildman–Crippen MR) is 77.7 cm³/mol. The van der Waals surface area contributed by atoms with Crippen LogP contribution >= 0.6 is 0 Å². The fraction of sp³-hybridized carbons (Fsp3) is 0.412. The fourth-order valence-corrected chi connectivity index (χ4v) is 3.10. The lowest BCUT2D eigenvalue weighted by molar-refractivity contribution is -0.169. The van der Waals surface area contributed by atoms with Gasteiger partial charge in [-0.25, -0.2) is 4.79 Å². The van der Waals surface area contributed by atoms with Gasteiger partial charge in [0.05, 0.1) is 12.2 Å². The number of hydrogen-bond donors (Lipinski definition) is 1. The number of esters is 1. The number of hydrogen-bond acceptors (Lipinski definition) is 5. The molecule has 0 aromatic heterocycles. The molecule has 0 saturated heterocycles. The van der Waals surface area contributed by atoms with Crippen LogP contribution in [0.4, 0.5) is 0 Å². The zero-order valence-corrected chi connectivity index (χ0v) is 12.4. The van der Waals surface area contributed by atoms with Gasteiger partial charge in [0, 0.05) is 12.8 Å². The molecule has 1 aromatic rings. The third-order valence-corrected chi connectivity index (χ3v) is 4.08. The van der Waals surface area contributed by atoms with Crippen LogP contribution < -0.4 is 0 Å². The standard InChI is InChI=1S/C17H18O5/c1-2-21-16(19)17(20)14-12(18)9-6-10-13(14)22-15(17)11-7-4-3-5-8-11/h3-5,7-8,15,20H,2,6,9-10H2,1H3/t15-,17-/m0/s1. The summed E-state index contributed by atoms with van der Waals surface area (Å²) < 4.78 is 10.8. The van der Waals surface area contributed by atoms with Crippen LogP contribution in [0.1, 0.15) is 37.9 Å². The lowest BCUT2D eigenvalue weighted by Gasteiger charge is -2.28. The molecule has 0 unspecified atom stereocenters. The molecule has 0 fully saturated rings. The van der Waals surface area contributed by atoms with Gasteiger partial charge in [0.15, 0.2) is 11.9 Å². The van der Waals surface area contributed by atoms with Gasteiger partial charge in [-0.05, 0) is 18.9 Å². The summed E-state index contributed by atoms with van der Waals surface area (Å²) in [5, 5.41) is 11.1. The molecule has 2 atom stereocenters. The average molecular weight is 302 g/mol. The van der Waals surface area contributed by atoms with Gasteiger partial charge in [-0.2, -0.15) is 0 Å². The Morgan fingerprint density at radius 1 is 1.36 bits per heavy atom. The number of rotatable bonds is 3. The van der Waals surface area contributed by atoms with Crippen LogP contribution in [0.15, 0.2) is 41.7 Å². The minimum absolute atomic E-state index is 0.0750. The van der Waals surface area contributed by atoms with Crippen molar-refractivity contribution in [1.82, 2.24) is 0 Å². The first-order chi connectivity index (χ1) is 10.6. The van der Waals surface area contributed by atoms with E-state index in [0.717, 1.165) is 0 Å². The SMILES string of the molecule is CCOC(=O)[C@]1(O)C2=C(CCCC2=O)O[C@H]1c1ccccc1. The summed E-state index contributed by atoms with van der Waals surface area (Å²) in [4.78, 5) is 24.7. The van der Waals surface area contributed by atoms with E-state index in [0.29, 0.717) is 30.6 Å². The maximum absolute atomic E-state index is 12.4. The fourth-order valence-electron chi connectivity index (χ4n) is 3.10. The number of allylic oxidation sites excluding steroid dienone is 1. The number of benzene rings is 1. The third-order valence-electron chi connectivity index (χ3n) is 4.08. The number of ether oxygens (including phenoxy) is 2. The molecular weight excluding hydrogens is 284 g/mol. The highest BCUT2D eigenvalue weighted by molar-refractivity contribution is 6.06. The van der Waals surface area contributed by atoms with E-state index in [1.165, 1.54) is 0 Å². The van der Waals surface area contributed by atoms with Gasteiger partial charge in [0.1, 0.15) is 5.76 Å². The molecule has 5 heteroatoms. The first-order valence-corrected chi connectivity index (χ1v) is 7.47. The molecule has 22 heavy (non-hydrogen) atoms. The van der Waals surface area contributed by atoms with Gasteiger partial charge in [-0.1, -0.05) is 30.3 Å². The van der Waals surface area contributed by atoms with E-state index in [4.69, 9.17) is 9.47 Å². The van der Waals surface area contributed by atoms with Crippen molar-refractivity contribution < 1.29 is 24.2 Å². The molecule has 0 saturated carbocycles. The Morgan fingerprint density at radius 2 is 2.09 bits per heavy atom. The Kier molecular flexibility index (Phi) is 3.74. The Hall–Kier alpha value is -2.14. The molecule has 1 aliphatic heterocycles. The predicted octanol–water partition coefficient (Wildman–Crippen LogP) is 2.06. The van der Waals surface area contributed by atoms with Crippen LogP contribution in [0.3, 0.4) is 0 Å². The average Bonchev–Trinajstić information content (AvgIpc) is 2.84. The topological polar surface area (TPSA) is 72.8 Å². The summed E-state index contributed by atoms with van der Waals surface area (Å²) in [6.07, 6.45) is 0.579. The molecule has 0 bridgehead atoms. The van der Waals surface area contributed by atoms with Crippen LogP contribution in [-0.4, -0.2) is 29.1 Å². The minimum Gasteiger partial charge on any atom is -0.485 e. The molecule has 0 radical (unpaired) electrons. The van der Waals surface area contributed by atoms with E-state index in [2.05, 4.69) is 0 Å². The molecule has 5 nitrogen and oxygen atoms in total. The van der Waals surface area contributed by atoms with Crippen LogP contribution in [0.2, 0.25) is 0 Å². The van der Waals surface area contributed by atoms with Crippen LogP contribution in [0.25, 0.3) is 0 Å². The summed E-state index contributed by atoms with van der Waals surface area (Å²) in [5.41, 5.74) is -1.35. The van der Waals surface area contributed by atoms with Gasteiger partial charge in [-0.3, -0.25) is 4.79 Å². The van der Waals surface area contributed by atoms with Crippen molar-refractivity contribution in [2.75, 3.05) is 6.61 Å². The Morgan fingerprint density at radius 3 is 2.77 bits per heavy atom. The van der Waals surface area contributed by atoms with Crippen LogP contribution in [-0.2, 0) is 19.1 Å². The largest absolute Gasteiger partial charge is 0.485 e. The number of Topliss-reactive ketones (excluding diaryl/α,β-unsaturated/α-hetero) is 1. The van der Waals surface area contributed by atoms with Crippen LogP contribution in [0.5, 0.6) is 0 Å². The first-order valence-electron chi connectivity index (χ1n) is 7.47. The summed E-state index contributed by atoms with van der Waals surface area (Å²) >= 11 is 0. The zero-order valence-electron chi connectivity index (χ0n) is 12.4. The molecule has 0 spiro atoms. The molecule has 1 heterocycles. The van der Waals surface area contributed by atoms with Crippen molar-refractivity contribution in [1.29, 1.82) is 0 Å². The van der Waals surface area contributed by atoms with E-state index in [1.54, 1.807) is 31.2 Å². The molecule has 0 amide bonds. The highest BCUT2D eigenvalue weighted by Crippen LogP contribution is 2.48. The number of carbonyl (C=O) groups excluding carboxylic acids is 2. The summed E-state index contributed by atoms with van der Waals surface area (Å²) in [7, 11) is 0. The minimum atomic E-state index is -2.07. The summed E-state index contributed by atoms with van der Waals surface area (Å²) in [6.45, 7) is 1.78. The monoisotopic (exact) mass is 302 g/mol. The van der Waals surface area contributed by atoms with E-state index in [9.17, 15) is 14.7 Å². The lowest BCUT2D eigenvalue weighted by atomic mass is 9.80. The molecule has 1 aliphatic carbocycles. The van der Waals surface area contributed by atoms with Crippen molar-refractivity contribution in [3.05, 3.63) is 47.2 Å². The Bertz CT molecular complexity index is 634. The van der Waals surface area contributed by atoms with E-state index < -0.39 is 17.7 Å². The lowest BCUT2D eigenvalue weighted by Crippen LogP contribution is -2.47. The molecule has 1 aromatic carbocycles. The van der Waals surface area contributed by atoms with Gasteiger partial charge in [-0.15, -0.1) is 0 Å². The van der Waals surface area contributed by atoms with Gasteiger partial charge < -0.3 is 14.6 Å². The normalized spacial score (nSPS) is 27.4. The second kappa shape index (κ2) is 5.57. The van der Waals surface area contributed by atoms with Crippen molar-refractivity contribution >= 4 is 11.8 Å². The smallest absolute Gasteiger partial charge is 0.347 e. The van der Waals surface area contributed by atoms with Crippen molar-refractivity contribution in [2.45, 2.75) is 37.9 Å². The summed E-state index contributed by atoms with van der Waals surface area (Å²) in [6, 6.07) is 8.95. The maximum Gasteiger partial charge on any atom is 0.347 e.